The molecule has 100 valence electrons. The molecule has 1 aromatic carbocycles. The van der Waals surface area contributed by atoms with Crippen molar-refractivity contribution in [2.75, 3.05) is 6.54 Å². The number of halogens is 2. The summed E-state index contributed by atoms with van der Waals surface area (Å²) < 4.78 is 25.6. The minimum Gasteiger partial charge on any atom is -0.354 e. The van der Waals surface area contributed by atoms with Gasteiger partial charge in [0.2, 0.25) is 5.91 Å². The van der Waals surface area contributed by atoms with E-state index in [2.05, 4.69) is 5.32 Å². The van der Waals surface area contributed by atoms with Gasteiger partial charge in [-0.1, -0.05) is 19.9 Å². The van der Waals surface area contributed by atoms with Crippen LogP contribution in [0.2, 0.25) is 0 Å². The van der Waals surface area contributed by atoms with Gasteiger partial charge in [0.15, 0.2) is 11.6 Å². The van der Waals surface area contributed by atoms with Crippen molar-refractivity contribution in [2.45, 2.75) is 26.3 Å². The Kier molecular flexibility index (Phi) is 5.22. The number of nitrogens with one attached hydrogen (secondary N) is 1. The molecule has 0 aliphatic heterocycles. The maximum absolute atomic E-state index is 12.9. The Morgan fingerprint density at radius 2 is 2.00 bits per heavy atom. The van der Waals surface area contributed by atoms with Crippen molar-refractivity contribution in [3.8, 4) is 0 Å². The monoisotopic (exact) mass is 256 g/mol. The highest BCUT2D eigenvalue weighted by Crippen LogP contribution is 2.09. The van der Waals surface area contributed by atoms with E-state index in [1.165, 1.54) is 6.07 Å². The quantitative estimate of drug-likeness (QED) is 0.841. The van der Waals surface area contributed by atoms with E-state index in [9.17, 15) is 13.6 Å². The molecule has 1 rings (SSSR count). The van der Waals surface area contributed by atoms with Crippen molar-refractivity contribution in [1.82, 2.24) is 5.32 Å². The summed E-state index contributed by atoms with van der Waals surface area (Å²) in [5, 5.41) is 2.67. The van der Waals surface area contributed by atoms with E-state index in [4.69, 9.17) is 5.73 Å². The van der Waals surface area contributed by atoms with E-state index in [1.807, 2.05) is 13.8 Å². The second-order valence-corrected chi connectivity index (χ2v) is 4.64. The zero-order valence-corrected chi connectivity index (χ0v) is 10.5. The Morgan fingerprint density at radius 3 is 2.56 bits per heavy atom. The Hall–Kier alpha value is -1.49. The maximum Gasteiger partial charge on any atom is 0.224 e. The van der Waals surface area contributed by atoms with E-state index in [0.29, 0.717) is 12.1 Å². The average Bonchev–Trinajstić information content (AvgIpc) is 2.30. The van der Waals surface area contributed by atoms with Crippen LogP contribution in [0.3, 0.4) is 0 Å². The molecule has 3 nitrogen and oxygen atoms in total. The predicted molar refractivity (Wildman–Crippen MR) is 65.9 cm³/mol. The smallest absolute Gasteiger partial charge is 0.224 e. The summed E-state index contributed by atoms with van der Waals surface area (Å²) in [6.07, 6.45) is 0.0159. The van der Waals surface area contributed by atoms with Gasteiger partial charge in [-0.05, 0) is 23.6 Å². The van der Waals surface area contributed by atoms with Crippen molar-refractivity contribution >= 4 is 5.91 Å². The third-order valence-corrected chi connectivity index (χ3v) is 2.74. The summed E-state index contributed by atoms with van der Waals surface area (Å²) in [5.74, 6) is -1.84. The summed E-state index contributed by atoms with van der Waals surface area (Å²) in [5.41, 5.74) is 6.21. The number of carbonyl (C=O) groups is 1. The molecule has 1 amide bonds. The summed E-state index contributed by atoms with van der Waals surface area (Å²) in [6, 6.07) is 3.31. The molecule has 0 aliphatic carbocycles. The Morgan fingerprint density at radius 1 is 1.33 bits per heavy atom. The lowest BCUT2D eigenvalue weighted by Gasteiger charge is -2.16. The van der Waals surface area contributed by atoms with Crippen molar-refractivity contribution < 1.29 is 13.6 Å². The summed E-state index contributed by atoms with van der Waals surface area (Å²) in [4.78, 5) is 11.6. The van der Waals surface area contributed by atoms with Crippen molar-refractivity contribution in [3.63, 3.8) is 0 Å². The second-order valence-electron chi connectivity index (χ2n) is 4.64. The molecule has 0 radical (unpaired) electrons. The highest BCUT2D eigenvalue weighted by molar-refractivity contribution is 5.78. The van der Waals surface area contributed by atoms with Crippen LogP contribution in [-0.4, -0.2) is 18.5 Å². The third kappa shape index (κ3) is 4.41. The van der Waals surface area contributed by atoms with Crippen LogP contribution >= 0.6 is 0 Å². The molecular weight excluding hydrogens is 238 g/mol. The SMILES string of the molecule is CC(C)C(N)CNC(=O)Cc1ccc(F)c(F)c1. The zero-order chi connectivity index (χ0) is 13.7. The van der Waals surface area contributed by atoms with Gasteiger partial charge in [0, 0.05) is 12.6 Å². The minimum absolute atomic E-state index is 0.0159. The number of carbonyl (C=O) groups excluding carboxylic acids is 1. The van der Waals surface area contributed by atoms with Crippen LogP contribution < -0.4 is 11.1 Å². The lowest BCUT2D eigenvalue weighted by Crippen LogP contribution is -2.40. The number of rotatable bonds is 5. The molecule has 0 spiro atoms. The topological polar surface area (TPSA) is 55.1 Å². The van der Waals surface area contributed by atoms with Crippen molar-refractivity contribution in [2.24, 2.45) is 11.7 Å². The van der Waals surface area contributed by atoms with Crippen molar-refractivity contribution in [3.05, 3.63) is 35.4 Å². The first-order valence-corrected chi connectivity index (χ1v) is 5.86. The van der Waals surface area contributed by atoms with Gasteiger partial charge in [0.05, 0.1) is 6.42 Å². The molecule has 0 heterocycles. The first kappa shape index (κ1) is 14.6. The summed E-state index contributed by atoms with van der Waals surface area (Å²) >= 11 is 0. The van der Waals surface area contributed by atoms with Gasteiger partial charge in [-0.25, -0.2) is 8.78 Å². The lowest BCUT2D eigenvalue weighted by atomic mass is 10.1. The number of nitrogens with two attached hydrogens (primary N) is 1. The van der Waals surface area contributed by atoms with Crippen LogP contribution in [0.25, 0.3) is 0 Å². The molecule has 1 unspecified atom stereocenters. The zero-order valence-electron chi connectivity index (χ0n) is 10.5. The Balaban J connectivity index is 2.47. The molecule has 0 aromatic heterocycles. The van der Waals surface area contributed by atoms with Crippen LogP contribution in [-0.2, 0) is 11.2 Å². The molecule has 5 heteroatoms. The van der Waals surface area contributed by atoms with Gasteiger partial charge in [0.1, 0.15) is 0 Å². The molecule has 0 fully saturated rings. The highest BCUT2D eigenvalue weighted by atomic mass is 19.2. The van der Waals surface area contributed by atoms with Gasteiger partial charge in [0.25, 0.3) is 0 Å². The fourth-order valence-electron chi connectivity index (χ4n) is 1.36. The van der Waals surface area contributed by atoms with E-state index in [1.54, 1.807) is 0 Å². The molecule has 1 atom stereocenters. The van der Waals surface area contributed by atoms with Gasteiger partial charge in [-0.15, -0.1) is 0 Å². The van der Waals surface area contributed by atoms with Crippen LogP contribution in [0, 0.1) is 17.6 Å². The van der Waals surface area contributed by atoms with E-state index in [0.717, 1.165) is 12.1 Å². The van der Waals surface area contributed by atoms with E-state index >= 15 is 0 Å². The van der Waals surface area contributed by atoms with Crippen LogP contribution in [0.4, 0.5) is 8.78 Å². The predicted octanol–water partition coefficient (Wildman–Crippen LogP) is 1.61. The largest absolute Gasteiger partial charge is 0.354 e. The average molecular weight is 256 g/mol. The fraction of sp³-hybridized carbons (Fsp3) is 0.462. The third-order valence-electron chi connectivity index (χ3n) is 2.74. The lowest BCUT2D eigenvalue weighted by molar-refractivity contribution is -0.120. The van der Waals surface area contributed by atoms with E-state index < -0.39 is 11.6 Å². The fourth-order valence-corrected chi connectivity index (χ4v) is 1.36. The highest BCUT2D eigenvalue weighted by Gasteiger charge is 2.10. The normalized spacial score (nSPS) is 12.6. The number of amides is 1. The molecule has 0 saturated heterocycles. The first-order chi connectivity index (χ1) is 8.40. The molecule has 0 bridgehead atoms. The first-order valence-electron chi connectivity index (χ1n) is 5.86. The number of hydrogen-bond acceptors (Lipinski definition) is 2. The molecule has 3 N–H and O–H groups in total. The Labute approximate surface area is 105 Å². The molecule has 1 aromatic rings. The van der Waals surface area contributed by atoms with Gasteiger partial charge in [-0.2, -0.15) is 0 Å². The second kappa shape index (κ2) is 6.44. The minimum atomic E-state index is -0.945. The number of benzene rings is 1. The van der Waals surface area contributed by atoms with Gasteiger partial charge in [-0.3, -0.25) is 4.79 Å². The van der Waals surface area contributed by atoms with Crippen LogP contribution in [0.15, 0.2) is 18.2 Å². The maximum atomic E-state index is 12.9. The molecule has 0 aliphatic rings. The number of hydrogen-bond donors (Lipinski definition) is 2. The molecule has 18 heavy (non-hydrogen) atoms. The van der Waals surface area contributed by atoms with Crippen LogP contribution in [0.1, 0.15) is 19.4 Å². The molecule has 0 saturated carbocycles. The Bertz CT molecular complexity index is 421. The van der Waals surface area contributed by atoms with Gasteiger partial charge < -0.3 is 11.1 Å². The molecular formula is C13H18F2N2O. The van der Waals surface area contributed by atoms with Gasteiger partial charge >= 0.3 is 0 Å². The van der Waals surface area contributed by atoms with Crippen LogP contribution in [0.5, 0.6) is 0 Å². The van der Waals surface area contributed by atoms with E-state index in [-0.39, 0.29) is 24.3 Å². The van der Waals surface area contributed by atoms with Crippen molar-refractivity contribution in [1.29, 1.82) is 0 Å². The standard InChI is InChI=1S/C13H18F2N2O/c1-8(2)12(16)7-17-13(18)6-9-3-4-10(14)11(15)5-9/h3-5,8,12H,6-7,16H2,1-2H3,(H,17,18). The summed E-state index contributed by atoms with van der Waals surface area (Å²) in [6.45, 7) is 4.30. The summed E-state index contributed by atoms with van der Waals surface area (Å²) in [7, 11) is 0.